The number of hydrogen-bond acceptors (Lipinski definition) is 4. The van der Waals surface area contributed by atoms with E-state index in [4.69, 9.17) is 4.74 Å². The second-order valence-corrected chi connectivity index (χ2v) is 5.07. The van der Waals surface area contributed by atoms with Gasteiger partial charge < -0.3 is 10.1 Å². The summed E-state index contributed by atoms with van der Waals surface area (Å²) in [6.07, 6.45) is 3.39. The van der Waals surface area contributed by atoms with Crippen molar-refractivity contribution in [3.63, 3.8) is 0 Å². The van der Waals surface area contributed by atoms with Gasteiger partial charge in [-0.2, -0.15) is 10.1 Å². The Morgan fingerprint density at radius 1 is 1.53 bits per heavy atom. The van der Waals surface area contributed by atoms with E-state index in [2.05, 4.69) is 33.9 Å². The van der Waals surface area contributed by atoms with Gasteiger partial charge >= 0.3 is 0 Å². The minimum absolute atomic E-state index is 0.114. The number of hydrogen-bond donors (Lipinski definition) is 1. The number of aromatic nitrogens is 3. The number of ether oxygens (including phenoxy) is 1. The predicted octanol–water partition coefficient (Wildman–Crippen LogP) is 2.14. The minimum Gasteiger partial charge on any atom is -0.370 e. The van der Waals surface area contributed by atoms with Crippen LogP contribution in [0.25, 0.3) is 0 Å². The van der Waals surface area contributed by atoms with Crippen LogP contribution in [0.15, 0.2) is 0 Å². The first-order valence-corrected chi connectivity index (χ1v) is 6.61. The summed E-state index contributed by atoms with van der Waals surface area (Å²) in [5, 5.41) is 8.01. The van der Waals surface area contributed by atoms with E-state index in [1.165, 1.54) is 0 Å². The van der Waals surface area contributed by atoms with Gasteiger partial charge in [0.15, 0.2) is 5.82 Å². The fourth-order valence-corrected chi connectivity index (χ4v) is 2.81. The zero-order chi connectivity index (χ0) is 11.8. The van der Waals surface area contributed by atoms with Crippen LogP contribution < -0.4 is 5.32 Å². The van der Waals surface area contributed by atoms with Crippen LogP contribution in [0.1, 0.15) is 51.1 Å². The average molecular weight is 236 g/mol. The standard InChI is InChI=1S/C12H20N4O/c1-3-9-8(2)7-13-12-14-11(15-16(9)12)10-5-4-6-17-10/h8-10H,3-7H2,1-2H3,(H,13,14,15). The lowest BCUT2D eigenvalue weighted by Gasteiger charge is -2.29. The molecule has 1 aromatic heterocycles. The molecule has 1 N–H and O–H groups in total. The molecule has 17 heavy (non-hydrogen) atoms. The summed E-state index contributed by atoms with van der Waals surface area (Å²) in [6.45, 7) is 6.30. The van der Waals surface area contributed by atoms with Gasteiger partial charge in [0, 0.05) is 13.2 Å². The maximum absolute atomic E-state index is 5.65. The van der Waals surface area contributed by atoms with Gasteiger partial charge in [0.25, 0.3) is 0 Å². The Bertz CT molecular complexity index is 397. The molecule has 0 aromatic carbocycles. The normalized spacial score (nSPS) is 32.2. The van der Waals surface area contributed by atoms with Crippen molar-refractivity contribution in [3.8, 4) is 0 Å². The van der Waals surface area contributed by atoms with E-state index in [1.54, 1.807) is 0 Å². The van der Waals surface area contributed by atoms with Crippen LogP contribution in [0, 0.1) is 5.92 Å². The summed E-state index contributed by atoms with van der Waals surface area (Å²) in [6, 6.07) is 0.467. The molecule has 5 heteroatoms. The van der Waals surface area contributed by atoms with Crippen LogP contribution in [0.2, 0.25) is 0 Å². The van der Waals surface area contributed by atoms with Crippen molar-refractivity contribution in [1.82, 2.24) is 14.8 Å². The molecule has 3 rings (SSSR count). The molecule has 2 aliphatic heterocycles. The summed E-state index contributed by atoms with van der Waals surface area (Å²) in [7, 11) is 0. The van der Waals surface area contributed by atoms with Gasteiger partial charge in [0.05, 0.1) is 6.04 Å². The quantitative estimate of drug-likeness (QED) is 0.854. The van der Waals surface area contributed by atoms with E-state index in [9.17, 15) is 0 Å². The molecule has 3 unspecified atom stereocenters. The molecule has 3 atom stereocenters. The molecule has 5 nitrogen and oxygen atoms in total. The Hall–Kier alpha value is -1.10. The molecule has 1 fully saturated rings. The van der Waals surface area contributed by atoms with Crippen LogP contribution in [-0.2, 0) is 4.74 Å². The van der Waals surface area contributed by atoms with Gasteiger partial charge in [-0.15, -0.1) is 0 Å². The lowest BCUT2D eigenvalue weighted by atomic mass is 9.98. The maximum atomic E-state index is 5.65. The Labute approximate surface area is 102 Å². The first kappa shape index (κ1) is 11.0. The number of nitrogens with one attached hydrogen (secondary N) is 1. The third kappa shape index (κ3) is 1.82. The molecule has 0 saturated carbocycles. The SMILES string of the molecule is CCC1C(C)CNc2nc(C3CCCO3)nn21. The van der Waals surface area contributed by atoms with Gasteiger partial charge in [-0.05, 0) is 25.2 Å². The summed E-state index contributed by atoms with van der Waals surface area (Å²) >= 11 is 0. The largest absolute Gasteiger partial charge is 0.370 e. The van der Waals surface area contributed by atoms with Gasteiger partial charge in [-0.3, -0.25) is 0 Å². The van der Waals surface area contributed by atoms with E-state index in [0.29, 0.717) is 12.0 Å². The molecule has 1 saturated heterocycles. The topological polar surface area (TPSA) is 52.0 Å². The molecule has 94 valence electrons. The zero-order valence-electron chi connectivity index (χ0n) is 10.5. The summed E-state index contributed by atoms with van der Waals surface area (Å²) < 4.78 is 7.71. The van der Waals surface area contributed by atoms with Gasteiger partial charge in [0.2, 0.25) is 5.95 Å². The van der Waals surface area contributed by atoms with Crippen LogP contribution in [0.4, 0.5) is 5.95 Å². The van der Waals surface area contributed by atoms with Crippen molar-refractivity contribution in [1.29, 1.82) is 0 Å². The Kier molecular flexibility index (Phi) is 2.78. The monoisotopic (exact) mass is 236 g/mol. The molecular formula is C12H20N4O. The molecule has 0 spiro atoms. The van der Waals surface area contributed by atoms with E-state index in [0.717, 1.165) is 44.2 Å². The van der Waals surface area contributed by atoms with Crippen molar-refractivity contribution >= 4 is 5.95 Å². The second-order valence-electron chi connectivity index (χ2n) is 5.07. The summed E-state index contributed by atoms with van der Waals surface area (Å²) in [5.41, 5.74) is 0. The summed E-state index contributed by atoms with van der Waals surface area (Å²) in [5.74, 6) is 2.38. The zero-order valence-corrected chi connectivity index (χ0v) is 10.5. The van der Waals surface area contributed by atoms with Crippen LogP contribution in [-0.4, -0.2) is 27.9 Å². The number of nitrogens with zero attached hydrogens (tertiary/aromatic N) is 3. The van der Waals surface area contributed by atoms with Crippen LogP contribution >= 0.6 is 0 Å². The molecule has 0 bridgehead atoms. The van der Waals surface area contributed by atoms with Crippen molar-refractivity contribution < 1.29 is 4.74 Å². The third-order valence-electron chi connectivity index (χ3n) is 3.84. The molecule has 0 aliphatic carbocycles. The number of fused-ring (bicyclic) bond motifs is 1. The Morgan fingerprint density at radius 2 is 2.41 bits per heavy atom. The molecule has 1 aromatic rings. The first-order chi connectivity index (χ1) is 8.29. The van der Waals surface area contributed by atoms with Gasteiger partial charge in [-0.25, -0.2) is 4.68 Å². The lowest BCUT2D eigenvalue weighted by molar-refractivity contribution is 0.104. The van der Waals surface area contributed by atoms with Crippen molar-refractivity contribution in [2.24, 2.45) is 5.92 Å². The number of anilines is 1. The van der Waals surface area contributed by atoms with Crippen LogP contribution in [0.3, 0.4) is 0 Å². The molecular weight excluding hydrogens is 216 g/mol. The third-order valence-corrected chi connectivity index (χ3v) is 3.84. The fourth-order valence-electron chi connectivity index (χ4n) is 2.81. The van der Waals surface area contributed by atoms with E-state index < -0.39 is 0 Å². The van der Waals surface area contributed by atoms with Gasteiger partial charge in [-0.1, -0.05) is 13.8 Å². The fraction of sp³-hybridized carbons (Fsp3) is 0.833. The van der Waals surface area contributed by atoms with E-state index in [1.807, 2.05) is 0 Å². The lowest BCUT2D eigenvalue weighted by Crippen LogP contribution is -2.31. The minimum atomic E-state index is 0.114. The average Bonchev–Trinajstić information content (AvgIpc) is 2.97. The van der Waals surface area contributed by atoms with E-state index >= 15 is 0 Å². The van der Waals surface area contributed by atoms with Gasteiger partial charge in [0.1, 0.15) is 6.10 Å². The molecule has 0 radical (unpaired) electrons. The molecule has 2 aliphatic rings. The molecule has 0 amide bonds. The second kappa shape index (κ2) is 4.29. The highest BCUT2D eigenvalue weighted by Gasteiger charge is 2.30. The highest BCUT2D eigenvalue weighted by Crippen LogP contribution is 2.32. The highest BCUT2D eigenvalue weighted by atomic mass is 16.5. The highest BCUT2D eigenvalue weighted by molar-refractivity contribution is 5.29. The van der Waals surface area contributed by atoms with Crippen molar-refractivity contribution in [2.45, 2.75) is 45.3 Å². The summed E-state index contributed by atoms with van der Waals surface area (Å²) in [4.78, 5) is 4.58. The smallest absolute Gasteiger partial charge is 0.221 e. The van der Waals surface area contributed by atoms with Crippen molar-refractivity contribution in [3.05, 3.63) is 5.82 Å². The molecule has 3 heterocycles. The Morgan fingerprint density at radius 3 is 3.12 bits per heavy atom. The van der Waals surface area contributed by atoms with E-state index in [-0.39, 0.29) is 6.10 Å². The number of rotatable bonds is 2. The predicted molar refractivity (Wildman–Crippen MR) is 64.9 cm³/mol. The van der Waals surface area contributed by atoms with Crippen molar-refractivity contribution in [2.75, 3.05) is 18.5 Å². The van der Waals surface area contributed by atoms with Crippen LogP contribution in [0.5, 0.6) is 0 Å². The Balaban J connectivity index is 1.90. The maximum Gasteiger partial charge on any atom is 0.221 e. The first-order valence-electron chi connectivity index (χ1n) is 6.61.